The normalized spacial score (nSPS) is 7.50. The zero-order valence-corrected chi connectivity index (χ0v) is 5.49. The Hall–Kier alpha value is 1.53. The van der Waals surface area contributed by atoms with E-state index in [0.29, 0.717) is 0 Å². The first kappa shape index (κ1) is 16.3. The molecule has 0 rings (SSSR count). The van der Waals surface area contributed by atoms with Crippen molar-refractivity contribution in [3.05, 3.63) is 0 Å². The molecule has 50 valence electrons. The number of rotatable bonds is 2. The molecule has 2 N–H and O–H groups in total. The standard InChI is InChI=1S/C6H14.Ba.H2O.2H/c1-4-5-6(2)3;;;;/h6H,4-5H2,1-3H3;;1H2;;. The molecular weight excluding hydrogens is 225 g/mol. The molecule has 0 saturated carbocycles. The van der Waals surface area contributed by atoms with Crippen molar-refractivity contribution >= 4 is 48.9 Å². The van der Waals surface area contributed by atoms with Crippen molar-refractivity contribution < 1.29 is 5.48 Å². The van der Waals surface area contributed by atoms with Crippen molar-refractivity contribution in [1.82, 2.24) is 0 Å². The summed E-state index contributed by atoms with van der Waals surface area (Å²) in [5.74, 6) is 0.898. The third-order valence-electron chi connectivity index (χ3n) is 0.866. The molecule has 0 aliphatic carbocycles. The Kier molecular flexibility index (Phi) is 23.1. The Balaban J connectivity index is -0.000000125. The molecule has 0 saturated heterocycles. The van der Waals surface area contributed by atoms with Gasteiger partial charge in [0.2, 0.25) is 0 Å². The van der Waals surface area contributed by atoms with Crippen LogP contribution in [0.2, 0.25) is 0 Å². The van der Waals surface area contributed by atoms with E-state index in [9.17, 15) is 0 Å². The van der Waals surface area contributed by atoms with E-state index in [1.165, 1.54) is 12.8 Å². The third kappa shape index (κ3) is 15.6. The van der Waals surface area contributed by atoms with Gasteiger partial charge >= 0.3 is 48.9 Å². The molecule has 0 atom stereocenters. The molecule has 0 heterocycles. The molecule has 0 spiro atoms. The van der Waals surface area contributed by atoms with Gasteiger partial charge in [0, 0.05) is 0 Å². The third-order valence-corrected chi connectivity index (χ3v) is 0.866. The van der Waals surface area contributed by atoms with Crippen molar-refractivity contribution in [2.75, 3.05) is 0 Å². The van der Waals surface area contributed by atoms with Crippen molar-refractivity contribution in [1.29, 1.82) is 0 Å². The van der Waals surface area contributed by atoms with Gasteiger partial charge in [-0.3, -0.25) is 0 Å². The van der Waals surface area contributed by atoms with Gasteiger partial charge in [0.1, 0.15) is 0 Å². The molecule has 0 amide bonds. The summed E-state index contributed by atoms with van der Waals surface area (Å²) in [6.45, 7) is 6.73. The molecule has 2 heteroatoms. The summed E-state index contributed by atoms with van der Waals surface area (Å²) in [4.78, 5) is 0. The summed E-state index contributed by atoms with van der Waals surface area (Å²) in [6, 6.07) is 0. The fraction of sp³-hybridized carbons (Fsp3) is 1.00. The second-order valence-electron chi connectivity index (χ2n) is 2.18. The minimum absolute atomic E-state index is 0. The molecule has 0 bridgehead atoms. The van der Waals surface area contributed by atoms with Gasteiger partial charge in [-0.1, -0.05) is 33.6 Å². The average molecular weight is 244 g/mol. The van der Waals surface area contributed by atoms with Crippen molar-refractivity contribution in [3.8, 4) is 0 Å². The monoisotopic (exact) mass is 244 g/mol. The fourth-order valence-electron chi connectivity index (χ4n) is 0.577. The van der Waals surface area contributed by atoms with Crippen LogP contribution in [0.1, 0.15) is 33.6 Å². The second kappa shape index (κ2) is 11.3. The number of hydrogen-bond acceptors (Lipinski definition) is 0. The Bertz CT molecular complexity index is 29.7. The molecule has 1 nitrogen and oxygen atoms in total. The zero-order valence-electron chi connectivity index (χ0n) is 5.49. The first-order valence-electron chi connectivity index (χ1n) is 2.77. The van der Waals surface area contributed by atoms with Crippen LogP contribution in [0.25, 0.3) is 0 Å². The Morgan fingerprint density at radius 1 is 1.25 bits per heavy atom. The van der Waals surface area contributed by atoms with Crippen LogP contribution in [-0.4, -0.2) is 54.4 Å². The van der Waals surface area contributed by atoms with E-state index in [1.54, 1.807) is 0 Å². The summed E-state index contributed by atoms with van der Waals surface area (Å²) < 4.78 is 0. The van der Waals surface area contributed by atoms with Crippen LogP contribution in [0.15, 0.2) is 0 Å². The topological polar surface area (TPSA) is 31.5 Å². The van der Waals surface area contributed by atoms with Crippen LogP contribution in [-0.2, 0) is 0 Å². The quantitative estimate of drug-likeness (QED) is 0.640. The van der Waals surface area contributed by atoms with E-state index < -0.39 is 0 Å². The molecule has 0 aromatic rings. The average Bonchev–Trinajstić information content (AvgIpc) is 1.35. The fourth-order valence-corrected chi connectivity index (χ4v) is 0.577. The van der Waals surface area contributed by atoms with E-state index in [-0.39, 0.29) is 54.4 Å². The summed E-state index contributed by atoms with van der Waals surface area (Å²) in [5, 5.41) is 0. The summed E-state index contributed by atoms with van der Waals surface area (Å²) in [5.41, 5.74) is 0. The van der Waals surface area contributed by atoms with Crippen LogP contribution in [0, 0.1) is 5.92 Å². The van der Waals surface area contributed by atoms with E-state index in [1.807, 2.05) is 0 Å². The molecule has 0 aliphatic rings. The van der Waals surface area contributed by atoms with Crippen molar-refractivity contribution in [2.45, 2.75) is 33.6 Å². The van der Waals surface area contributed by atoms with Gasteiger partial charge in [-0.2, -0.15) is 0 Å². The van der Waals surface area contributed by atoms with Gasteiger partial charge in [0.25, 0.3) is 0 Å². The molecule has 8 heavy (non-hydrogen) atoms. The predicted molar refractivity (Wildman–Crippen MR) is 41.9 cm³/mol. The van der Waals surface area contributed by atoms with Crippen molar-refractivity contribution in [2.24, 2.45) is 5.92 Å². The summed E-state index contributed by atoms with van der Waals surface area (Å²) >= 11 is 0. The van der Waals surface area contributed by atoms with E-state index in [4.69, 9.17) is 0 Å². The maximum atomic E-state index is 2.25. The summed E-state index contributed by atoms with van der Waals surface area (Å²) in [6.07, 6.45) is 2.71. The van der Waals surface area contributed by atoms with Crippen LogP contribution in [0.3, 0.4) is 0 Å². The van der Waals surface area contributed by atoms with Crippen LogP contribution < -0.4 is 0 Å². The first-order valence-corrected chi connectivity index (χ1v) is 2.77. The molecule has 0 aromatic heterocycles. The van der Waals surface area contributed by atoms with Crippen LogP contribution in [0.5, 0.6) is 0 Å². The predicted octanol–water partition coefficient (Wildman–Crippen LogP) is 0.702. The molecule has 0 fully saturated rings. The van der Waals surface area contributed by atoms with E-state index in [0.717, 1.165) is 5.92 Å². The first-order chi connectivity index (χ1) is 2.77. The summed E-state index contributed by atoms with van der Waals surface area (Å²) in [7, 11) is 0. The molecule has 0 unspecified atom stereocenters. The Labute approximate surface area is 92.6 Å². The molecule has 0 radical (unpaired) electrons. The second-order valence-corrected chi connectivity index (χ2v) is 2.18. The Morgan fingerprint density at radius 2 is 1.62 bits per heavy atom. The molecular formula is C6H18BaO. The van der Waals surface area contributed by atoms with Crippen LogP contribution >= 0.6 is 0 Å². The van der Waals surface area contributed by atoms with Gasteiger partial charge in [-0.15, -0.1) is 0 Å². The van der Waals surface area contributed by atoms with Gasteiger partial charge in [-0.25, -0.2) is 0 Å². The van der Waals surface area contributed by atoms with E-state index in [2.05, 4.69) is 20.8 Å². The van der Waals surface area contributed by atoms with Gasteiger partial charge in [0.15, 0.2) is 0 Å². The van der Waals surface area contributed by atoms with Crippen molar-refractivity contribution in [3.63, 3.8) is 0 Å². The van der Waals surface area contributed by atoms with Gasteiger partial charge < -0.3 is 5.48 Å². The molecule has 0 aliphatic heterocycles. The van der Waals surface area contributed by atoms with Gasteiger partial charge in [-0.05, 0) is 5.92 Å². The SMILES string of the molecule is CCCC(C)C.O.[BaH2]. The molecule has 0 aromatic carbocycles. The minimum atomic E-state index is 0. The maximum absolute atomic E-state index is 2.25. The van der Waals surface area contributed by atoms with E-state index >= 15 is 0 Å². The Morgan fingerprint density at radius 3 is 1.62 bits per heavy atom. The number of hydrogen-bond donors (Lipinski definition) is 0. The van der Waals surface area contributed by atoms with Crippen LogP contribution in [0.4, 0.5) is 0 Å². The zero-order chi connectivity index (χ0) is 4.99. The van der Waals surface area contributed by atoms with Gasteiger partial charge in [0.05, 0.1) is 0 Å².